The van der Waals surface area contributed by atoms with Crippen molar-refractivity contribution in [3.63, 3.8) is 0 Å². The van der Waals surface area contributed by atoms with Crippen molar-refractivity contribution in [2.45, 2.75) is 6.04 Å². The number of pyridine rings is 2. The van der Waals surface area contributed by atoms with Gasteiger partial charge in [-0.15, -0.1) is 0 Å². The van der Waals surface area contributed by atoms with Crippen LogP contribution >= 0.6 is 0 Å². The zero-order valence-corrected chi connectivity index (χ0v) is 20.3. The number of nitrogens with one attached hydrogen (secondary N) is 2. The Balaban J connectivity index is 1.30. The first-order valence-corrected chi connectivity index (χ1v) is 12.1. The molecule has 1 aliphatic heterocycles. The van der Waals surface area contributed by atoms with E-state index in [-0.39, 0.29) is 6.04 Å². The summed E-state index contributed by atoms with van der Waals surface area (Å²) in [4.78, 5) is 23.8. The Morgan fingerprint density at radius 3 is 2.76 bits per heavy atom. The molecule has 0 spiro atoms. The molecule has 1 aromatic carbocycles. The minimum atomic E-state index is -0.392. The lowest BCUT2D eigenvalue weighted by atomic mass is 10.1. The summed E-state index contributed by atoms with van der Waals surface area (Å²) in [5, 5.41) is 9.17. The highest BCUT2D eigenvalue weighted by Gasteiger charge is 2.25. The normalized spacial score (nSPS) is 13.8. The summed E-state index contributed by atoms with van der Waals surface area (Å²) in [6, 6.07) is 10.6. The van der Waals surface area contributed by atoms with Crippen LogP contribution in [0.2, 0.25) is 0 Å². The Morgan fingerprint density at radius 1 is 1.03 bits per heavy atom. The Labute approximate surface area is 215 Å². The highest BCUT2D eigenvalue weighted by atomic mass is 19.1. The van der Waals surface area contributed by atoms with E-state index in [1.165, 1.54) is 19.2 Å². The maximum atomic E-state index is 14.2. The van der Waals surface area contributed by atoms with Gasteiger partial charge >= 0.3 is 0 Å². The minimum Gasteiger partial charge on any atom is -0.497 e. The molecule has 11 heteroatoms. The molecule has 0 amide bonds. The van der Waals surface area contributed by atoms with E-state index in [0.717, 1.165) is 52.1 Å². The molecule has 6 aromatic rings. The number of anilines is 1. The van der Waals surface area contributed by atoms with Gasteiger partial charge in [0.25, 0.3) is 0 Å². The highest BCUT2D eigenvalue weighted by Crippen LogP contribution is 2.35. The average Bonchev–Trinajstić information content (AvgIpc) is 3.54. The summed E-state index contributed by atoms with van der Waals surface area (Å²) in [7, 11) is 1.51. The summed E-state index contributed by atoms with van der Waals surface area (Å²) in [6.07, 6.45) is 6.90. The van der Waals surface area contributed by atoms with Crippen molar-refractivity contribution in [1.29, 1.82) is 0 Å². The van der Waals surface area contributed by atoms with Gasteiger partial charge in [-0.1, -0.05) is 0 Å². The van der Waals surface area contributed by atoms with Crippen molar-refractivity contribution >= 4 is 27.8 Å². The standard InChI is InChI=1S/C27H22FN9O/c1-38-18-5-14(4-16(28)7-18)25-19-8-22(33-21(19)2-3-31-25)26-20-6-15(9-32-27(20)36-35-26)23-10-30-11-24(34-23)37-12-17(29)13-37/h2-11,17,33H,12-13,29H2,1H3,(H,32,35,36). The van der Waals surface area contributed by atoms with Gasteiger partial charge in [-0.05, 0) is 30.3 Å². The molecular weight excluding hydrogens is 485 g/mol. The van der Waals surface area contributed by atoms with E-state index in [1.54, 1.807) is 30.9 Å². The van der Waals surface area contributed by atoms with Gasteiger partial charge in [-0.3, -0.25) is 15.1 Å². The van der Waals surface area contributed by atoms with Gasteiger partial charge in [0.2, 0.25) is 0 Å². The van der Waals surface area contributed by atoms with E-state index in [2.05, 4.69) is 35.0 Å². The molecule has 0 atom stereocenters. The summed E-state index contributed by atoms with van der Waals surface area (Å²) in [6.45, 7) is 1.53. The van der Waals surface area contributed by atoms with Crippen LogP contribution in [0.1, 0.15) is 0 Å². The number of hydrogen-bond donors (Lipinski definition) is 3. The molecule has 0 radical (unpaired) electrons. The number of aromatic amines is 2. The van der Waals surface area contributed by atoms with Gasteiger partial charge in [0.1, 0.15) is 17.4 Å². The average molecular weight is 508 g/mol. The third-order valence-corrected chi connectivity index (χ3v) is 6.76. The van der Waals surface area contributed by atoms with Crippen LogP contribution in [0.25, 0.3) is 55.8 Å². The van der Waals surface area contributed by atoms with E-state index in [1.807, 2.05) is 18.2 Å². The molecule has 7 rings (SSSR count). The maximum absolute atomic E-state index is 14.2. The Kier molecular flexibility index (Phi) is 5.05. The SMILES string of the molecule is COc1cc(F)cc(-c2nccc3[nH]c(-c4[nH]nc5ncc(-c6cncc(N7CC(N)C7)n6)cc45)cc23)c1. The second-order valence-corrected chi connectivity index (χ2v) is 9.30. The van der Waals surface area contributed by atoms with E-state index in [9.17, 15) is 4.39 Å². The van der Waals surface area contributed by atoms with Crippen LogP contribution in [0.5, 0.6) is 5.75 Å². The number of benzene rings is 1. The van der Waals surface area contributed by atoms with Gasteiger partial charge in [-0.25, -0.2) is 14.4 Å². The van der Waals surface area contributed by atoms with Crippen molar-refractivity contribution in [3.8, 4) is 39.7 Å². The zero-order chi connectivity index (χ0) is 25.8. The molecule has 1 aliphatic rings. The van der Waals surface area contributed by atoms with Crippen LogP contribution in [0.4, 0.5) is 10.2 Å². The molecule has 0 bridgehead atoms. The number of fused-ring (bicyclic) bond motifs is 2. The number of aromatic nitrogens is 7. The second kappa shape index (κ2) is 8.60. The predicted octanol–water partition coefficient (Wildman–Crippen LogP) is 3.92. The maximum Gasteiger partial charge on any atom is 0.181 e. The van der Waals surface area contributed by atoms with Crippen molar-refractivity contribution in [1.82, 2.24) is 35.1 Å². The van der Waals surface area contributed by atoms with Gasteiger partial charge in [-0.2, -0.15) is 5.10 Å². The van der Waals surface area contributed by atoms with Gasteiger partial charge in [0.05, 0.1) is 42.3 Å². The molecule has 5 aromatic heterocycles. The fourth-order valence-corrected chi connectivity index (χ4v) is 4.83. The quantitative estimate of drug-likeness (QED) is 0.320. The molecule has 0 saturated carbocycles. The number of ether oxygens (including phenoxy) is 1. The molecule has 1 saturated heterocycles. The van der Waals surface area contributed by atoms with E-state index < -0.39 is 5.82 Å². The molecule has 1 fully saturated rings. The number of halogens is 1. The van der Waals surface area contributed by atoms with Gasteiger partial charge in [0.15, 0.2) is 5.65 Å². The zero-order valence-electron chi connectivity index (χ0n) is 20.3. The Morgan fingerprint density at radius 2 is 1.92 bits per heavy atom. The largest absolute Gasteiger partial charge is 0.497 e. The molecule has 38 heavy (non-hydrogen) atoms. The lowest BCUT2D eigenvalue weighted by Crippen LogP contribution is -2.56. The predicted molar refractivity (Wildman–Crippen MR) is 142 cm³/mol. The fraction of sp³-hybridized carbons (Fsp3) is 0.148. The highest BCUT2D eigenvalue weighted by molar-refractivity contribution is 6.00. The first-order chi connectivity index (χ1) is 18.6. The number of rotatable bonds is 5. The van der Waals surface area contributed by atoms with E-state index >= 15 is 0 Å². The lowest BCUT2D eigenvalue weighted by Gasteiger charge is -2.37. The Hall–Kier alpha value is -4.90. The number of nitrogens with zero attached hydrogens (tertiary/aromatic N) is 6. The molecule has 188 valence electrons. The third-order valence-electron chi connectivity index (χ3n) is 6.76. The van der Waals surface area contributed by atoms with Crippen molar-refractivity contribution in [2.24, 2.45) is 5.73 Å². The number of methoxy groups -OCH3 is 1. The van der Waals surface area contributed by atoms with Crippen molar-refractivity contribution in [3.05, 3.63) is 67.0 Å². The molecule has 6 heterocycles. The molecule has 0 aliphatic carbocycles. The number of H-pyrrole nitrogens is 2. The summed E-state index contributed by atoms with van der Waals surface area (Å²) in [5.41, 5.74) is 11.7. The second-order valence-electron chi connectivity index (χ2n) is 9.30. The van der Waals surface area contributed by atoms with Crippen LogP contribution in [-0.2, 0) is 0 Å². The molecular formula is C27H22FN9O. The molecule has 10 nitrogen and oxygen atoms in total. The number of hydrogen-bond acceptors (Lipinski definition) is 8. The Bertz CT molecular complexity index is 1820. The topological polar surface area (TPSA) is 135 Å². The van der Waals surface area contributed by atoms with Crippen LogP contribution in [0, 0.1) is 5.82 Å². The fourth-order valence-electron chi connectivity index (χ4n) is 4.83. The molecule has 0 unspecified atom stereocenters. The van der Waals surface area contributed by atoms with Crippen molar-refractivity contribution in [2.75, 3.05) is 25.1 Å². The van der Waals surface area contributed by atoms with Crippen LogP contribution in [-0.4, -0.2) is 61.4 Å². The van der Waals surface area contributed by atoms with Crippen molar-refractivity contribution < 1.29 is 9.13 Å². The summed E-state index contributed by atoms with van der Waals surface area (Å²) in [5.74, 6) is 0.828. The van der Waals surface area contributed by atoms with Crippen LogP contribution in [0.15, 0.2) is 61.2 Å². The van der Waals surface area contributed by atoms with E-state index in [4.69, 9.17) is 15.5 Å². The van der Waals surface area contributed by atoms with E-state index in [0.29, 0.717) is 28.3 Å². The van der Waals surface area contributed by atoms with Gasteiger partial charge in [0, 0.05) is 65.0 Å². The summed E-state index contributed by atoms with van der Waals surface area (Å²) < 4.78 is 19.5. The first-order valence-electron chi connectivity index (χ1n) is 12.1. The monoisotopic (exact) mass is 507 g/mol. The molecule has 4 N–H and O–H groups in total. The summed E-state index contributed by atoms with van der Waals surface area (Å²) >= 11 is 0. The van der Waals surface area contributed by atoms with Crippen LogP contribution < -0.4 is 15.4 Å². The number of nitrogens with two attached hydrogens (primary N) is 1. The van der Waals surface area contributed by atoms with Gasteiger partial charge < -0.3 is 20.4 Å². The lowest BCUT2D eigenvalue weighted by molar-refractivity contribution is 0.411. The van der Waals surface area contributed by atoms with Crippen LogP contribution in [0.3, 0.4) is 0 Å². The third kappa shape index (κ3) is 3.71. The first kappa shape index (κ1) is 22.3. The smallest absolute Gasteiger partial charge is 0.181 e. The minimum absolute atomic E-state index is 0.168.